The molecule has 0 aromatic carbocycles. The number of nitrogens with zero attached hydrogens (tertiary/aromatic N) is 1. The van der Waals surface area contributed by atoms with Crippen molar-refractivity contribution in [3.63, 3.8) is 0 Å². The lowest BCUT2D eigenvalue weighted by Crippen LogP contribution is -1.94. The van der Waals surface area contributed by atoms with E-state index in [0.29, 0.717) is 5.92 Å². The highest BCUT2D eigenvalue weighted by Crippen LogP contribution is 2.27. The summed E-state index contributed by atoms with van der Waals surface area (Å²) in [5, 5.41) is 1.24. The zero-order valence-electron chi connectivity index (χ0n) is 9.41. The smallest absolute Gasteiger partial charge is 0.137 e. The summed E-state index contributed by atoms with van der Waals surface area (Å²) in [7, 11) is 0. The van der Waals surface area contributed by atoms with E-state index in [-0.39, 0.29) is 0 Å². The molecule has 0 aliphatic heterocycles. The quantitative estimate of drug-likeness (QED) is 0.786. The van der Waals surface area contributed by atoms with E-state index < -0.39 is 0 Å². The summed E-state index contributed by atoms with van der Waals surface area (Å²) < 4.78 is 0. The largest absolute Gasteiger partial charge is 0.346 e. The minimum Gasteiger partial charge on any atom is -0.346 e. The third-order valence-corrected chi connectivity index (χ3v) is 2.58. The summed E-state index contributed by atoms with van der Waals surface area (Å²) in [5.41, 5.74) is 3.57. The van der Waals surface area contributed by atoms with Gasteiger partial charge in [0.15, 0.2) is 0 Å². The van der Waals surface area contributed by atoms with Crippen molar-refractivity contribution in [2.45, 2.75) is 26.7 Å². The van der Waals surface area contributed by atoms with Gasteiger partial charge in [-0.2, -0.15) is 0 Å². The Morgan fingerprint density at radius 1 is 1.40 bits per heavy atom. The lowest BCUT2D eigenvalue weighted by molar-refractivity contribution is 0.871. The van der Waals surface area contributed by atoms with E-state index in [2.05, 4.69) is 42.0 Å². The van der Waals surface area contributed by atoms with Crippen LogP contribution in [0.15, 0.2) is 24.5 Å². The number of hydrogen-bond donors (Lipinski definition) is 1. The fraction of sp³-hybridized carbons (Fsp3) is 0.308. The van der Waals surface area contributed by atoms with Crippen molar-refractivity contribution in [2.24, 2.45) is 0 Å². The van der Waals surface area contributed by atoms with Gasteiger partial charge in [-0.1, -0.05) is 26.0 Å². The number of H-pyrrole nitrogens is 1. The van der Waals surface area contributed by atoms with Crippen molar-refractivity contribution < 1.29 is 0 Å². The Hall–Kier alpha value is -1.57. The van der Waals surface area contributed by atoms with E-state index in [4.69, 9.17) is 0 Å². The van der Waals surface area contributed by atoms with Crippen LogP contribution in [0.4, 0.5) is 0 Å². The van der Waals surface area contributed by atoms with Gasteiger partial charge in [0.25, 0.3) is 0 Å². The van der Waals surface area contributed by atoms with Crippen molar-refractivity contribution >= 4 is 17.1 Å². The number of aromatic nitrogens is 2. The molecule has 0 saturated carbocycles. The molecule has 2 heteroatoms. The van der Waals surface area contributed by atoms with Gasteiger partial charge in [-0.15, -0.1) is 0 Å². The highest BCUT2D eigenvalue weighted by molar-refractivity contribution is 5.83. The molecule has 0 aliphatic carbocycles. The molecular weight excluding hydrogens is 184 g/mol. The second-order valence-electron chi connectivity index (χ2n) is 4.02. The first-order valence-corrected chi connectivity index (χ1v) is 5.32. The van der Waals surface area contributed by atoms with Crippen LogP contribution in [-0.2, 0) is 0 Å². The van der Waals surface area contributed by atoms with Crippen LogP contribution >= 0.6 is 0 Å². The van der Waals surface area contributed by atoms with Crippen LogP contribution in [0.2, 0.25) is 0 Å². The summed E-state index contributed by atoms with van der Waals surface area (Å²) in [5.74, 6) is 0.512. The third-order valence-electron chi connectivity index (χ3n) is 2.58. The first-order valence-electron chi connectivity index (χ1n) is 5.32. The van der Waals surface area contributed by atoms with Crippen LogP contribution in [0.5, 0.6) is 0 Å². The zero-order valence-corrected chi connectivity index (χ0v) is 9.41. The van der Waals surface area contributed by atoms with E-state index in [9.17, 15) is 0 Å². The SMILES string of the molecule is C/C=C\c1cnc2[nH]ccc2c1C(C)C. The molecule has 0 spiro atoms. The van der Waals surface area contributed by atoms with Gasteiger partial charge < -0.3 is 4.98 Å². The van der Waals surface area contributed by atoms with Crippen molar-refractivity contribution in [1.82, 2.24) is 9.97 Å². The van der Waals surface area contributed by atoms with Gasteiger partial charge >= 0.3 is 0 Å². The van der Waals surface area contributed by atoms with Gasteiger partial charge in [0.05, 0.1) is 0 Å². The fourth-order valence-electron chi connectivity index (χ4n) is 2.00. The van der Waals surface area contributed by atoms with Crippen LogP contribution in [-0.4, -0.2) is 9.97 Å². The molecule has 0 amide bonds. The van der Waals surface area contributed by atoms with E-state index in [0.717, 1.165) is 5.65 Å². The molecule has 2 heterocycles. The molecule has 0 saturated heterocycles. The number of hydrogen-bond acceptors (Lipinski definition) is 1. The van der Waals surface area contributed by atoms with E-state index in [1.807, 2.05) is 19.3 Å². The monoisotopic (exact) mass is 200 g/mol. The van der Waals surface area contributed by atoms with Crippen LogP contribution in [0.3, 0.4) is 0 Å². The molecule has 2 aromatic rings. The van der Waals surface area contributed by atoms with Gasteiger partial charge in [0, 0.05) is 17.8 Å². The lowest BCUT2D eigenvalue weighted by Gasteiger charge is -2.10. The maximum atomic E-state index is 4.40. The van der Waals surface area contributed by atoms with Gasteiger partial charge in [0.2, 0.25) is 0 Å². The van der Waals surface area contributed by atoms with E-state index in [1.165, 1.54) is 16.5 Å². The minimum atomic E-state index is 0.512. The minimum absolute atomic E-state index is 0.512. The topological polar surface area (TPSA) is 28.7 Å². The molecule has 2 aromatic heterocycles. The summed E-state index contributed by atoms with van der Waals surface area (Å²) in [4.78, 5) is 7.54. The average molecular weight is 200 g/mol. The molecule has 2 rings (SSSR count). The highest BCUT2D eigenvalue weighted by atomic mass is 14.8. The van der Waals surface area contributed by atoms with Crippen LogP contribution in [0.25, 0.3) is 17.1 Å². The molecule has 2 nitrogen and oxygen atoms in total. The predicted molar refractivity (Wildman–Crippen MR) is 64.9 cm³/mol. The fourth-order valence-corrected chi connectivity index (χ4v) is 2.00. The maximum absolute atomic E-state index is 4.40. The lowest BCUT2D eigenvalue weighted by atomic mass is 9.96. The maximum Gasteiger partial charge on any atom is 0.137 e. The first kappa shape index (κ1) is 9.97. The number of nitrogens with one attached hydrogen (secondary N) is 1. The number of allylic oxidation sites excluding steroid dienone is 1. The second-order valence-corrected chi connectivity index (χ2v) is 4.02. The number of pyridine rings is 1. The molecule has 78 valence electrons. The summed E-state index contributed by atoms with van der Waals surface area (Å²) in [6.45, 7) is 6.47. The van der Waals surface area contributed by atoms with Crippen molar-refractivity contribution in [3.8, 4) is 0 Å². The van der Waals surface area contributed by atoms with Crippen molar-refractivity contribution in [2.75, 3.05) is 0 Å². The van der Waals surface area contributed by atoms with Crippen molar-refractivity contribution in [1.29, 1.82) is 0 Å². The highest BCUT2D eigenvalue weighted by Gasteiger charge is 2.10. The van der Waals surface area contributed by atoms with Gasteiger partial charge in [-0.25, -0.2) is 4.98 Å². The second kappa shape index (κ2) is 3.89. The predicted octanol–water partition coefficient (Wildman–Crippen LogP) is 3.72. The molecule has 15 heavy (non-hydrogen) atoms. The van der Waals surface area contributed by atoms with Crippen LogP contribution in [0.1, 0.15) is 37.8 Å². The zero-order chi connectivity index (χ0) is 10.8. The van der Waals surface area contributed by atoms with Crippen LogP contribution in [0, 0.1) is 0 Å². The molecule has 0 fully saturated rings. The number of fused-ring (bicyclic) bond motifs is 1. The Balaban J connectivity index is 2.75. The summed E-state index contributed by atoms with van der Waals surface area (Å²) in [6.07, 6.45) is 8.06. The Kier molecular flexibility index (Phi) is 2.58. The van der Waals surface area contributed by atoms with Gasteiger partial charge in [-0.3, -0.25) is 0 Å². The van der Waals surface area contributed by atoms with Gasteiger partial charge in [-0.05, 0) is 30.0 Å². The molecular formula is C13H16N2. The molecule has 0 unspecified atom stereocenters. The Morgan fingerprint density at radius 2 is 2.20 bits per heavy atom. The normalized spacial score (nSPS) is 12.0. The van der Waals surface area contributed by atoms with Crippen LogP contribution < -0.4 is 0 Å². The third kappa shape index (κ3) is 1.67. The van der Waals surface area contributed by atoms with Gasteiger partial charge in [0.1, 0.15) is 5.65 Å². The Labute approximate surface area is 90.0 Å². The molecule has 0 aliphatic rings. The van der Waals surface area contributed by atoms with Crippen molar-refractivity contribution in [3.05, 3.63) is 35.7 Å². The van der Waals surface area contributed by atoms with E-state index >= 15 is 0 Å². The van der Waals surface area contributed by atoms with E-state index in [1.54, 1.807) is 0 Å². The first-order chi connectivity index (χ1) is 7.24. The summed E-state index contributed by atoms with van der Waals surface area (Å²) in [6, 6.07) is 2.10. The number of aromatic amines is 1. The standard InChI is InChI=1S/C13H16N2/c1-4-5-10-8-15-13-11(6-7-14-13)12(10)9(2)3/h4-9H,1-3H3,(H,14,15)/b5-4-. The molecule has 0 radical (unpaired) electrons. The molecule has 0 bridgehead atoms. The number of rotatable bonds is 2. The summed E-state index contributed by atoms with van der Waals surface area (Å²) >= 11 is 0. The average Bonchev–Trinajstić information content (AvgIpc) is 2.64. The Bertz CT molecular complexity index is 492. The molecule has 0 atom stereocenters. The Morgan fingerprint density at radius 3 is 2.87 bits per heavy atom. The molecule has 1 N–H and O–H groups in total.